The second-order valence-electron chi connectivity index (χ2n) is 4.01. The van der Waals surface area contributed by atoms with Crippen molar-refractivity contribution in [1.82, 2.24) is 4.98 Å². The summed E-state index contributed by atoms with van der Waals surface area (Å²) in [7, 11) is 0. The standard InChI is InChI=1S/C12H19N3O/c1-9-5-7-14-8-11(9)15-12(16)10(2)4-3-6-13/h5,7-8,10H,3-4,6,13H2,1-2H3,(H,15,16). The lowest BCUT2D eigenvalue weighted by Gasteiger charge is -2.12. The molecule has 1 amide bonds. The number of anilines is 1. The first kappa shape index (κ1) is 12.6. The van der Waals surface area contributed by atoms with Gasteiger partial charge in [-0.2, -0.15) is 0 Å². The van der Waals surface area contributed by atoms with Gasteiger partial charge in [-0.25, -0.2) is 0 Å². The van der Waals surface area contributed by atoms with Gasteiger partial charge in [0.25, 0.3) is 0 Å². The Hall–Kier alpha value is -1.42. The van der Waals surface area contributed by atoms with Crippen LogP contribution in [0.4, 0.5) is 5.69 Å². The number of pyridine rings is 1. The fourth-order valence-electron chi connectivity index (χ4n) is 1.41. The average Bonchev–Trinajstić information content (AvgIpc) is 2.28. The molecule has 0 aromatic carbocycles. The summed E-state index contributed by atoms with van der Waals surface area (Å²) >= 11 is 0. The third-order valence-electron chi connectivity index (χ3n) is 2.59. The summed E-state index contributed by atoms with van der Waals surface area (Å²) in [5.41, 5.74) is 7.22. The molecular formula is C12H19N3O. The van der Waals surface area contributed by atoms with E-state index in [1.165, 1.54) is 0 Å². The van der Waals surface area contributed by atoms with Gasteiger partial charge in [0.15, 0.2) is 0 Å². The van der Waals surface area contributed by atoms with E-state index in [1.807, 2.05) is 19.9 Å². The van der Waals surface area contributed by atoms with Crippen LogP contribution in [-0.4, -0.2) is 17.4 Å². The molecule has 1 aromatic heterocycles. The largest absolute Gasteiger partial charge is 0.330 e. The van der Waals surface area contributed by atoms with Crippen LogP contribution in [-0.2, 0) is 4.79 Å². The summed E-state index contributed by atoms with van der Waals surface area (Å²) in [6.45, 7) is 4.49. The van der Waals surface area contributed by atoms with Crippen molar-refractivity contribution >= 4 is 11.6 Å². The molecule has 0 fully saturated rings. The average molecular weight is 221 g/mol. The van der Waals surface area contributed by atoms with Crippen molar-refractivity contribution in [3.8, 4) is 0 Å². The highest BCUT2D eigenvalue weighted by Gasteiger charge is 2.13. The number of carbonyl (C=O) groups is 1. The maximum Gasteiger partial charge on any atom is 0.227 e. The SMILES string of the molecule is Cc1ccncc1NC(=O)C(C)CCCN. The minimum atomic E-state index is -0.0110. The van der Waals surface area contributed by atoms with E-state index in [4.69, 9.17) is 5.73 Å². The molecule has 1 rings (SSSR count). The van der Waals surface area contributed by atoms with Crippen molar-refractivity contribution in [2.75, 3.05) is 11.9 Å². The van der Waals surface area contributed by atoms with Gasteiger partial charge in [-0.05, 0) is 37.9 Å². The van der Waals surface area contributed by atoms with Crippen LogP contribution in [0, 0.1) is 12.8 Å². The molecule has 3 N–H and O–H groups in total. The van der Waals surface area contributed by atoms with E-state index in [0.29, 0.717) is 6.54 Å². The number of aryl methyl sites for hydroxylation is 1. The molecule has 16 heavy (non-hydrogen) atoms. The van der Waals surface area contributed by atoms with Crippen molar-refractivity contribution < 1.29 is 4.79 Å². The van der Waals surface area contributed by atoms with E-state index < -0.39 is 0 Å². The van der Waals surface area contributed by atoms with Gasteiger partial charge < -0.3 is 11.1 Å². The zero-order valence-electron chi connectivity index (χ0n) is 9.86. The highest BCUT2D eigenvalue weighted by atomic mass is 16.1. The lowest BCUT2D eigenvalue weighted by molar-refractivity contribution is -0.119. The second-order valence-corrected chi connectivity index (χ2v) is 4.01. The minimum absolute atomic E-state index is 0.0110. The Balaban J connectivity index is 2.54. The van der Waals surface area contributed by atoms with E-state index in [-0.39, 0.29) is 11.8 Å². The Morgan fingerprint density at radius 3 is 3.00 bits per heavy atom. The van der Waals surface area contributed by atoms with Crippen LogP contribution < -0.4 is 11.1 Å². The molecule has 0 bridgehead atoms. The molecule has 4 nitrogen and oxygen atoms in total. The fourth-order valence-corrected chi connectivity index (χ4v) is 1.41. The molecule has 88 valence electrons. The van der Waals surface area contributed by atoms with Crippen LogP contribution in [0.3, 0.4) is 0 Å². The highest BCUT2D eigenvalue weighted by molar-refractivity contribution is 5.92. The van der Waals surface area contributed by atoms with E-state index in [0.717, 1.165) is 24.1 Å². The summed E-state index contributed by atoms with van der Waals surface area (Å²) in [6.07, 6.45) is 5.08. The Bertz CT molecular complexity index is 352. The van der Waals surface area contributed by atoms with Gasteiger partial charge in [-0.15, -0.1) is 0 Å². The zero-order chi connectivity index (χ0) is 12.0. The van der Waals surface area contributed by atoms with Crippen molar-refractivity contribution in [2.45, 2.75) is 26.7 Å². The molecule has 1 aromatic rings. The quantitative estimate of drug-likeness (QED) is 0.795. The van der Waals surface area contributed by atoms with Gasteiger partial charge in [0, 0.05) is 12.1 Å². The van der Waals surface area contributed by atoms with Gasteiger partial charge in [0.2, 0.25) is 5.91 Å². The molecule has 0 saturated heterocycles. The fraction of sp³-hybridized carbons (Fsp3) is 0.500. The van der Waals surface area contributed by atoms with Crippen LogP contribution in [0.25, 0.3) is 0 Å². The van der Waals surface area contributed by atoms with Crippen LogP contribution >= 0.6 is 0 Å². The third kappa shape index (κ3) is 3.62. The first-order chi connectivity index (χ1) is 7.65. The summed E-state index contributed by atoms with van der Waals surface area (Å²) in [6, 6.07) is 1.88. The smallest absolute Gasteiger partial charge is 0.227 e. The Morgan fingerprint density at radius 2 is 2.38 bits per heavy atom. The number of nitrogens with zero attached hydrogens (tertiary/aromatic N) is 1. The molecule has 1 unspecified atom stereocenters. The monoisotopic (exact) mass is 221 g/mol. The van der Waals surface area contributed by atoms with Crippen LogP contribution in [0.2, 0.25) is 0 Å². The van der Waals surface area contributed by atoms with Gasteiger partial charge in [-0.1, -0.05) is 6.92 Å². The molecular weight excluding hydrogens is 202 g/mol. The van der Waals surface area contributed by atoms with Gasteiger partial charge in [0.1, 0.15) is 0 Å². The molecule has 0 aliphatic heterocycles. The molecule has 4 heteroatoms. The van der Waals surface area contributed by atoms with Crippen LogP contribution in [0.15, 0.2) is 18.5 Å². The Labute approximate surface area is 96.3 Å². The molecule has 0 spiro atoms. The summed E-state index contributed by atoms with van der Waals surface area (Å²) < 4.78 is 0. The number of nitrogens with one attached hydrogen (secondary N) is 1. The van der Waals surface area contributed by atoms with E-state index in [9.17, 15) is 4.79 Å². The number of nitrogens with two attached hydrogens (primary N) is 1. The van der Waals surface area contributed by atoms with E-state index in [2.05, 4.69) is 10.3 Å². The number of hydrogen-bond acceptors (Lipinski definition) is 3. The molecule has 0 aliphatic carbocycles. The number of rotatable bonds is 5. The predicted molar refractivity (Wildman–Crippen MR) is 65.1 cm³/mol. The van der Waals surface area contributed by atoms with E-state index in [1.54, 1.807) is 12.4 Å². The molecule has 0 aliphatic rings. The van der Waals surface area contributed by atoms with Crippen LogP contribution in [0.1, 0.15) is 25.3 Å². The third-order valence-corrected chi connectivity index (χ3v) is 2.59. The van der Waals surface area contributed by atoms with Gasteiger partial charge in [-0.3, -0.25) is 9.78 Å². The first-order valence-electron chi connectivity index (χ1n) is 5.56. The summed E-state index contributed by atoms with van der Waals surface area (Å²) in [5, 5.41) is 2.88. The molecule has 1 heterocycles. The lowest BCUT2D eigenvalue weighted by atomic mass is 10.0. The Kier molecular flexibility index (Phi) is 4.92. The van der Waals surface area contributed by atoms with Crippen LogP contribution in [0.5, 0.6) is 0 Å². The molecule has 0 saturated carbocycles. The van der Waals surface area contributed by atoms with Crippen molar-refractivity contribution in [3.63, 3.8) is 0 Å². The van der Waals surface area contributed by atoms with Crippen molar-refractivity contribution in [3.05, 3.63) is 24.0 Å². The minimum Gasteiger partial charge on any atom is -0.330 e. The second kappa shape index (κ2) is 6.23. The maximum absolute atomic E-state index is 11.8. The van der Waals surface area contributed by atoms with Gasteiger partial charge >= 0.3 is 0 Å². The number of hydrogen-bond donors (Lipinski definition) is 2. The van der Waals surface area contributed by atoms with E-state index >= 15 is 0 Å². The number of aromatic nitrogens is 1. The topological polar surface area (TPSA) is 68.0 Å². The first-order valence-corrected chi connectivity index (χ1v) is 5.56. The number of carbonyl (C=O) groups excluding carboxylic acids is 1. The zero-order valence-corrected chi connectivity index (χ0v) is 9.86. The van der Waals surface area contributed by atoms with Crippen molar-refractivity contribution in [2.24, 2.45) is 11.7 Å². The van der Waals surface area contributed by atoms with Crippen molar-refractivity contribution in [1.29, 1.82) is 0 Å². The normalized spacial score (nSPS) is 12.2. The lowest BCUT2D eigenvalue weighted by Crippen LogP contribution is -2.21. The maximum atomic E-state index is 11.8. The predicted octanol–water partition coefficient (Wildman–Crippen LogP) is 1.70. The Morgan fingerprint density at radius 1 is 1.62 bits per heavy atom. The molecule has 1 atom stereocenters. The molecule has 0 radical (unpaired) electrons. The number of amides is 1. The summed E-state index contributed by atoms with van der Waals surface area (Å²) in [4.78, 5) is 15.8. The van der Waals surface area contributed by atoms with Gasteiger partial charge in [0.05, 0.1) is 11.9 Å². The summed E-state index contributed by atoms with van der Waals surface area (Å²) in [5.74, 6) is 0.0210. The highest BCUT2D eigenvalue weighted by Crippen LogP contribution is 2.14.